The number of fused-ring (bicyclic) bond motifs is 2. The highest BCUT2D eigenvalue weighted by molar-refractivity contribution is 9.10. The van der Waals surface area contributed by atoms with Crippen LogP contribution in [0.3, 0.4) is 0 Å². The van der Waals surface area contributed by atoms with Gasteiger partial charge in [0.1, 0.15) is 0 Å². The van der Waals surface area contributed by atoms with E-state index in [0.29, 0.717) is 24.1 Å². The summed E-state index contributed by atoms with van der Waals surface area (Å²) >= 11 is 3.56. The molecule has 0 spiro atoms. The lowest BCUT2D eigenvalue weighted by Gasteiger charge is -2.13. The molecule has 5 heteroatoms. The van der Waals surface area contributed by atoms with Gasteiger partial charge in [-0.15, -0.1) is 0 Å². The van der Waals surface area contributed by atoms with Crippen LogP contribution in [0.1, 0.15) is 31.8 Å². The van der Waals surface area contributed by atoms with Crippen LogP contribution in [-0.4, -0.2) is 28.2 Å². The SMILES string of the molecule is Cc1ccc2[nH]c(Br)c(CCN3C(=O)c4ccccc4C3=O)c2c1. The molecule has 3 aromatic rings. The molecule has 1 aromatic heterocycles. The maximum Gasteiger partial charge on any atom is 0.261 e. The number of benzene rings is 2. The number of carbonyl (C=O) groups is 2. The highest BCUT2D eigenvalue weighted by Gasteiger charge is 2.34. The fourth-order valence-corrected chi connectivity index (χ4v) is 3.86. The summed E-state index contributed by atoms with van der Waals surface area (Å²) in [6.45, 7) is 2.42. The van der Waals surface area contributed by atoms with Crippen LogP contribution in [-0.2, 0) is 6.42 Å². The predicted octanol–water partition coefficient (Wildman–Crippen LogP) is 4.08. The second-order valence-electron chi connectivity index (χ2n) is 6.02. The van der Waals surface area contributed by atoms with Gasteiger partial charge in [-0.05, 0) is 59.1 Å². The van der Waals surface area contributed by atoms with Gasteiger partial charge in [0, 0.05) is 17.4 Å². The zero-order chi connectivity index (χ0) is 16.8. The van der Waals surface area contributed by atoms with E-state index in [-0.39, 0.29) is 11.8 Å². The minimum Gasteiger partial charge on any atom is -0.349 e. The molecular formula is C19H15BrN2O2. The van der Waals surface area contributed by atoms with Gasteiger partial charge in [0.15, 0.2) is 0 Å². The van der Waals surface area contributed by atoms with Gasteiger partial charge in [-0.25, -0.2) is 0 Å². The molecule has 2 aromatic carbocycles. The molecule has 4 nitrogen and oxygen atoms in total. The lowest BCUT2D eigenvalue weighted by molar-refractivity contribution is 0.0656. The number of nitrogens with zero attached hydrogens (tertiary/aromatic N) is 1. The molecule has 24 heavy (non-hydrogen) atoms. The van der Waals surface area contributed by atoms with E-state index in [1.807, 2.05) is 13.0 Å². The number of H-pyrrole nitrogens is 1. The third-order valence-electron chi connectivity index (χ3n) is 4.47. The van der Waals surface area contributed by atoms with E-state index in [9.17, 15) is 9.59 Å². The Balaban J connectivity index is 1.63. The topological polar surface area (TPSA) is 53.2 Å². The summed E-state index contributed by atoms with van der Waals surface area (Å²) in [6, 6.07) is 13.2. The molecule has 0 aliphatic carbocycles. The Morgan fingerprint density at radius 2 is 1.71 bits per heavy atom. The van der Waals surface area contributed by atoms with Gasteiger partial charge in [0.05, 0.1) is 15.7 Å². The van der Waals surface area contributed by atoms with Crippen LogP contribution in [0, 0.1) is 6.92 Å². The zero-order valence-electron chi connectivity index (χ0n) is 13.1. The van der Waals surface area contributed by atoms with Crippen molar-refractivity contribution in [1.82, 2.24) is 9.88 Å². The molecule has 0 fully saturated rings. The second-order valence-corrected chi connectivity index (χ2v) is 6.82. The van der Waals surface area contributed by atoms with Crippen molar-refractivity contribution in [3.63, 3.8) is 0 Å². The first-order chi connectivity index (χ1) is 11.6. The van der Waals surface area contributed by atoms with Crippen LogP contribution in [0.5, 0.6) is 0 Å². The average molecular weight is 383 g/mol. The summed E-state index contributed by atoms with van der Waals surface area (Å²) in [6.07, 6.45) is 0.607. The minimum atomic E-state index is -0.206. The van der Waals surface area contributed by atoms with Crippen molar-refractivity contribution in [3.05, 3.63) is 69.3 Å². The Hall–Kier alpha value is -2.40. The first kappa shape index (κ1) is 15.1. The summed E-state index contributed by atoms with van der Waals surface area (Å²) in [5.41, 5.74) is 4.30. The summed E-state index contributed by atoms with van der Waals surface area (Å²) in [4.78, 5) is 29.5. The molecule has 0 saturated carbocycles. The normalized spacial score (nSPS) is 13.8. The molecule has 120 valence electrons. The van der Waals surface area contributed by atoms with Gasteiger partial charge in [-0.3, -0.25) is 14.5 Å². The molecule has 1 aliphatic rings. The Morgan fingerprint density at radius 3 is 2.38 bits per heavy atom. The number of carbonyl (C=O) groups excluding carboxylic acids is 2. The quantitative estimate of drug-likeness (QED) is 0.693. The molecule has 2 amide bonds. The van der Waals surface area contributed by atoms with E-state index in [1.54, 1.807) is 24.3 Å². The number of rotatable bonds is 3. The van der Waals surface area contributed by atoms with Gasteiger partial charge < -0.3 is 4.98 Å². The van der Waals surface area contributed by atoms with Gasteiger partial charge in [0.25, 0.3) is 11.8 Å². The number of imide groups is 1. The van der Waals surface area contributed by atoms with Crippen molar-refractivity contribution >= 4 is 38.6 Å². The molecule has 4 rings (SSSR count). The van der Waals surface area contributed by atoms with Crippen LogP contribution in [0.25, 0.3) is 10.9 Å². The van der Waals surface area contributed by atoms with E-state index in [2.05, 4.69) is 33.0 Å². The van der Waals surface area contributed by atoms with E-state index < -0.39 is 0 Å². The Labute approximate surface area is 147 Å². The standard InChI is InChI=1S/C19H15BrN2O2/c1-11-6-7-16-15(10-11)12(17(20)21-16)8-9-22-18(23)13-4-2-3-5-14(13)19(22)24/h2-7,10,21H,8-9H2,1H3. The highest BCUT2D eigenvalue weighted by atomic mass is 79.9. The lowest BCUT2D eigenvalue weighted by atomic mass is 10.1. The van der Waals surface area contributed by atoms with E-state index in [0.717, 1.165) is 21.1 Å². The van der Waals surface area contributed by atoms with Crippen molar-refractivity contribution in [2.75, 3.05) is 6.54 Å². The van der Waals surface area contributed by atoms with E-state index >= 15 is 0 Å². The van der Waals surface area contributed by atoms with Crippen molar-refractivity contribution in [2.24, 2.45) is 0 Å². The first-order valence-corrected chi connectivity index (χ1v) is 8.57. The van der Waals surface area contributed by atoms with E-state index in [1.165, 1.54) is 10.5 Å². The summed E-state index contributed by atoms with van der Waals surface area (Å²) < 4.78 is 0.903. The van der Waals surface area contributed by atoms with Crippen molar-refractivity contribution < 1.29 is 9.59 Å². The van der Waals surface area contributed by atoms with Crippen LogP contribution in [0.2, 0.25) is 0 Å². The summed E-state index contributed by atoms with van der Waals surface area (Å²) in [5.74, 6) is -0.412. The monoisotopic (exact) mass is 382 g/mol. The van der Waals surface area contributed by atoms with Crippen LogP contribution < -0.4 is 0 Å². The Kier molecular flexibility index (Phi) is 3.53. The highest BCUT2D eigenvalue weighted by Crippen LogP contribution is 2.29. The van der Waals surface area contributed by atoms with Crippen molar-refractivity contribution in [1.29, 1.82) is 0 Å². The molecular weight excluding hydrogens is 368 g/mol. The molecule has 1 aliphatic heterocycles. The molecule has 0 bridgehead atoms. The maximum absolute atomic E-state index is 12.5. The van der Waals surface area contributed by atoms with Crippen LogP contribution in [0.15, 0.2) is 47.1 Å². The third kappa shape index (κ3) is 2.27. The van der Waals surface area contributed by atoms with Crippen molar-refractivity contribution in [2.45, 2.75) is 13.3 Å². The lowest BCUT2D eigenvalue weighted by Crippen LogP contribution is -2.31. The minimum absolute atomic E-state index is 0.206. The molecule has 0 unspecified atom stereocenters. The largest absolute Gasteiger partial charge is 0.349 e. The molecule has 2 heterocycles. The number of nitrogens with one attached hydrogen (secondary N) is 1. The number of amides is 2. The van der Waals surface area contributed by atoms with Crippen LogP contribution >= 0.6 is 15.9 Å². The number of aryl methyl sites for hydroxylation is 1. The van der Waals surface area contributed by atoms with E-state index in [4.69, 9.17) is 0 Å². The second kappa shape index (κ2) is 5.60. The Bertz CT molecular complexity index is 955. The van der Waals surface area contributed by atoms with Gasteiger partial charge in [-0.1, -0.05) is 23.8 Å². The van der Waals surface area contributed by atoms with Crippen molar-refractivity contribution in [3.8, 4) is 0 Å². The molecule has 1 N–H and O–H groups in total. The number of halogens is 1. The molecule has 0 radical (unpaired) electrons. The van der Waals surface area contributed by atoms with Gasteiger partial charge >= 0.3 is 0 Å². The number of aromatic nitrogens is 1. The van der Waals surface area contributed by atoms with Gasteiger partial charge in [0.2, 0.25) is 0 Å². The molecule has 0 atom stereocenters. The molecule has 0 saturated heterocycles. The van der Waals surface area contributed by atoms with Crippen LogP contribution in [0.4, 0.5) is 0 Å². The fourth-order valence-electron chi connectivity index (χ4n) is 3.24. The number of aromatic amines is 1. The zero-order valence-corrected chi connectivity index (χ0v) is 14.7. The third-order valence-corrected chi connectivity index (χ3v) is 5.15. The summed E-state index contributed by atoms with van der Waals surface area (Å²) in [5, 5.41) is 1.12. The first-order valence-electron chi connectivity index (χ1n) is 7.78. The number of hydrogen-bond acceptors (Lipinski definition) is 2. The smallest absolute Gasteiger partial charge is 0.261 e. The summed E-state index contributed by atoms with van der Waals surface area (Å²) in [7, 11) is 0. The average Bonchev–Trinajstić information content (AvgIpc) is 3.01. The number of hydrogen-bond donors (Lipinski definition) is 1. The predicted molar refractivity (Wildman–Crippen MR) is 96.2 cm³/mol. The maximum atomic E-state index is 12.5. The van der Waals surface area contributed by atoms with Gasteiger partial charge in [-0.2, -0.15) is 0 Å². The fraction of sp³-hybridized carbons (Fsp3) is 0.158. The Morgan fingerprint density at radius 1 is 1.04 bits per heavy atom.